The van der Waals surface area contributed by atoms with Crippen molar-refractivity contribution >= 4 is 0 Å². The molecule has 31 heavy (non-hydrogen) atoms. The lowest BCUT2D eigenvalue weighted by Gasteiger charge is -2.26. The van der Waals surface area contributed by atoms with Gasteiger partial charge in [-0.3, -0.25) is 5.10 Å². The molecular formula is C23H22N4O4. The molecule has 8 nitrogen and oxygen atoms in total. The summed E-state index contributed by atoms with van der Waals surface area (Å²) in [6.07, 6.45) is 0. The highest BCUT2D eigenvalue weighted by atomic mass is 16.5. The van der Waals surface area contributed by atoms with Gasteiger partial charge in [-0.1, -0.05) is 29.8 Å². The van der Waals surface area contributed by atoms with E-state index in [9.17, 15) is 5.26 Å². The summed E-state index contributed by atoms with van der Waals surface area (Å²) < 4.78 is 22.2. The smallest absolute Gasteiger partial charge is 0.244 e. The van der Waals surface area contributed by atoms with Crippen LogP contribution in [0.25, 0.3) is 11.3 Å². The van der Waals surface area contributed by atoms with E-state index in [2.05, 4.69) is 16.3 Å². The quantitative estimate of drug-likeness (QED) is 0.650. The van der Waals surface area contributed by atoms with Crippen molar-refractivity contribution in [2.75, 3.05) is 21.3 Å². The number of fused-ring (bicyclic) bond motifs is 1. The van der Waals surface area contributed by atoms with E-state index in [1.54, 1.807) is 33.5 Å². The Morgan fingerprint density at radius 3 is 2.29 bits per heavy atom. The number of nitrogens with two attached hydrogens (primary N) is 1. The lowest BCUT2D eigenvalue weighted by atomic mass is 9.82. The van der Waals surface area contributed by atoms with E-state index in [1.165, 1.54) is 0 Å². The van der Waals surface area contributed by atoms with Crippen LogP contribution in [0, 0.1) is 18.3 Å². The minimum Gasteiger partial charge on any atom is -0.496 e. The first kappa shape index (κ1) is 20.2. The van der Waals surface area contributed by atoms with Crippen molar-refractivity contribution in [1.82, 2.24) is 10.2 Å². The number of aryl methyl sites for hydroxylation is 1. The van der Waals surface area contributed by atoms with Crippen molar-refractivity contribution in [3.05, 3.63) is 64.5 Å². The third-order valence-corrected chi connectivity index (χ3v) is 5.33. The SMILES string of the molecule is COc1cc(OC)c([C@H]2C(C#N)=C(N)Oc3n[nH]c(-c4ccc(C)cc4)c32)cc1OC. The highest BCUT2D eigenvalue weighted by Gasteiger charge is 2.37. The van der Waals surface area contributed by atoms with Crippen LogP contribution in [0.2, 0.25) is 0 Å². The van der Waals surface area contributed by atoms with Gasteiger partial charge in [-0.15, -0.1) is 5.10 Å². The topological polar surface area (TPSA) is 115 Å². The molecule has 3 aromatic rings. The Balaban J connectivity index is 2.00. The summed E-state index contributed by atoms with van der Waals surface area (Å²) >= 11 is 0. The summed E-state index contributed by atoms with van der Waals surface area (Å²) in [5.41, 5.74) is 10.5. The fourth-order valence-corrected chi connectivity index (χ4v) is 3.77. The van der Waals surface area contributed by atoms with Crippen LogP contribution in [0.4, 0.5) is 0 Å². The number of H-pyrrole nitrogens is 1. The van der Waals surface area contributed by atoms with Gasteiger partial charge in [0.05, 0.1) is 38.5 Å². The number of methoxy groups -OCH3 is 3. The molecule has 1 atom stereocenters. The molecule has 8 heteroatoms. The second kappa shape index (κ2) is 7.95. The van der Waals surface area contributed by atoms with Gasteiger partial charge >= 0.3 is 0 Å². The summed E-state index contributed by atoms with van der Waals surface area (Å²) in [5.74, 6) is 1.26. The molecule has 1 aromatic heterocycles. The molecule has 2 aromatic carbocycles. The Morgan fingerprint density at radius 2 is 1.68 bits per heavy atom. The van der Waals surface area contributed by atoms with Crippen LogP contribution in [0.1, 0.15) is 22.6 Å². The number of aromatic nitrogens is 2. The van der Waals surface area contributed by atoms with E-state index in [0.717, 1.165) is 16.8 Å². The van der Waals surface area contributed by atoms with Crippen molar-refractivity contribution in [2.45, 2.75) is 12.8 Å². The lowest BCUT2D eigenvalue weighted by Crippen LogP contribution is -2.21. The van der Waals surface area contributed by atoms with Gasteiger partial charge in [0.25, 0.3) is 0 Å². The number of nitriles is 1. The zero-order chi connectivity index (χ0) is 22.1. The van der Waals surface area contributed by atoms with E-state index >= 15 is 0 Å². The molecule has 0 aliphatic carbocycles. The summed E-state index contributed by atoms with van der Waals surface area (Å²) in [4.78, 5) is 0. The van der Waals surface area contributed by atoms with E-state index in [0.29, 0.717) is 34.3 Å². The average molecular weight is 418 g/mol. The van der Waals surface area contributed by atoms with Crippen LogP contribution < -0.4 is 24.7 Å². The number of hydrogen-bond acceptors (Lipinski definition) is 7. The Bertz CT molecular complexity index is 1210. The van der Waals surface area contributed by atoms with Crippen LogP contribution in [0.15, 0.2) is 47.9 Å². The Kier molecular flexibility index (Phi) is 5.17. The molecule has 0 fully saturated rings. The molecule has 0 radical (unpaired) electrons. The number of nitrogens with one attached hydrogen (secondary N) is 1. The molecule has 0 saturated carbocycles. The van der Waals surface area contributed by atoms with Gasteiger partial charge in [-0.2, -0.15) is 5.26 Å². The van der Waals surface area contributed by atoms with E-state index < -0.39 is 5.92 Å². The molecule has 0 bridgehead atoms. The number of rotatable bonds is 5. The van der Waals surface area contributed by atoms with Gasteiger partial charge in [0.2, 0.25) is 11.8 Å². The zero-order valence-electron chi connectivity index (χ0n) is 17.6. The molecule has 0 amide bonds. The summed E-state index contributed by atoms with van der Waals surface area (Å²) in [6.45, 7) is 2.02. The molecule has 1 aliphatic rings. The first-order valence-corrected chi connectivity index (χ1v) is 9.55. The van der Waals surface area contributed by atoms with Crippen LogP contribution in [0.3, 0.4) is 0 Å². The third kappa shape index (κ3) is 3.30. The number of aromatic amines is 1. The Labute approximate surface area is 179 Å². The lowest BCUT2D eigenvalue weighted by molar-refractivity contribution is 0.346. The van der Waals surface area contributed by atoms with Crippen LogP contribution in [0.5, 0.6) is 23.1 Å². The van der Waals surface area contributed by atoms with Gasteiger partial charge in [0.1, 0.15) is 17.4 Å². The highest BCUT2D eigenvalue weighted by molar-refractivity contribution is 5.72. The third-order valence-electron chi connectivity index (χ3n) is 5.33. The fourth-order valence-electron chi connectivity index (χ4n) is 3.77. The molecule has 2 heterocycles. The van der Waals surface area contributed by atoms with E-state index in [1.807, 2.05) is 31.2 Å². The van der Waals surface area contributed by atoms with Gasteiger partial charge < -0.3 is 24.7 Å². The zero-order valence-corrected chi connectivity index (χ0v) is 17.6. The number of ether oxygens (including phenoxy) is 4. The number of nitrogens with zero attached hydrogens (tertiary/aromatic N) is 2. The summed E-state index contributed by atoms with van der Waals surface area (Å²) in [5, 5.41) is 17.3. The van der Waals surface area contributed by atoms with E-state index in [4.69, 9.17) is 24.7 Å². The molecule has 1 aliphatic heterocycles. The fraction of sp³-hybridized carbons (Fsp3) is 0.217. The second-order valence-electron chi connectivity index (χ2n) is 7.06. The van der Waals surface area contributed by atoms with Crippen molar-refractivity contribution in [3.8, 4) is 40.5 Å². The molecule has 0 saturated heterocycles. The van der Waals surface area contributed by atoms with Crippen molar-refractivity contribution < 1.29 is 18.9 Å². The number of hydrogen-bond donors (Lipinski definition) is 2. The predicted molar refractivity (Wildman–Crippen MR) is 114 cm³/mol. The predicted octanol–water partition coefficient (Wildman–Crippen LogP) is 3.63. The number of allylic oxidation sites excluding steroid dienone is 1. The standard InChI is InChI=1S/C23H22N4O4/c1-12-5-7-13(8-6-12)21-20-19(15(11-24)22(25)31-23(20)27-26-21)14-9-17(29-3)18(30-4)10-16(14)28-2/h5-10,19H,25H2,1-4H3,(H,26,27)/t19-/m0/s1. The second-order valence-corrected chi connectivity index (χ2v) is 7.06. The minimum absolute atomic E-state index is 0.00112. The number of benzene rings is 2. The first-order chi connectivity index (χ1) is 15.0. The van der Waals surface area contributed by atoms with Crippen molar-refractivity contribution in [1.29, 1.82) is 5.26 Å². The van der Waals surface area contributed by atoms with Gasteiger partial charge in [0, 0.05) is 17.2 Å². The van der Waals surface area contributed by atoms with Gasteiger partial charge in [-0.05, 0) is 13.0 Å². The van der Waals surface area contributed by atoms with E-state index in [-0.39, 0.29) is 11.5 Å². The van der Waals surface area contributed by atoms with Crippen LogP contribution in [-0.2, 0) is 0 Å². The van der Waals surface area contributed by atoms with Crippen molar-refractivity contribution in [3.63, 3.8) is 0 Å². The molecule has 158 valence electrons. The van der Waals surface area contributed by atoms with Gasteiger partial charge in [0.15, 0.2) is 11.5 Å². The Hall–Kier alpha value is -4.12. The maximum absolute atomic E-state index is 9.95. The largest absolute Gasteiger partial charge is 0.496 e. The minimum atomic E-state index is -0.585. The van der Waals surface area contributed by atoms with Crippen molar-refractivity contribution in [2.24, 2.45) is 5.73 Å². The monoisotopic (exact) mass is 418 g/mol. The maximum Gasteiger partial charge on any atom is 0.244 e. The maximum atomic E-state index is 9.95. The summed E-state index contributed by atoms with van der Waals surface area (Å²) in [7, 11) is 4.66. The molecule has 3 N–H and O–H groups in total. The highest BCUT2D eigenvalue weighted by Crippen LogP contribution is 2.50. The molecule has 0 unspecified atom stereocenters. The molecule has 0 spiro atoms. The average Bonchev–Trinajstić information content (AvgIpc) is 3.20. The molecule has 4 rings (SSSR count). The van der Waals surface area contributed by atoms with Crippen LogP contribution in [-0.4, -0.2) is 31.5 Å². The first-order valence-electron chi connectivity index (χ1n) is 9.55. The van der Waals surface area contributed by atoms with Crippen LogP contribution >= 0.6 is 0 Å². The summed E-state index contributed by atoms with van der Waals surface area (Å²) in [6, 6.07) is 13.7. The molecular weight excluding hydrogens is 396 g/mol. The Morgan fingerprint density at radius 1 is 1.03 bits per heavy atom. The normalized spacial score (nSPS) is 15.0. The van der Waals surface area contributed by atoms with Gasteiger partial charge in [-0.25, -0.2) is 0 Å².